The first-order valence-corrected chi connectivity index (χ1v) is 10.7. The Kier molecular flexibility index (Phi) is 5.14. The summed E-state index contributed by atoms with van der Waals surface area (Å²) in [5.74, 6) is 0.604. The Balaban J connectivity index is 1.74. The van der Waals surface area contributed by atoms with Crippen LogP contribution < -0.4 is 4.74 Å². The van der Waals surface area contributed by atoms with Crippen molar-refractivity contribution < 1.29 is 17.9 Å². The third kappa shape index (κ3) is 3.85. The van der Waals surface area contributed by atoms with E-state index in [2.05, 4.69) is 10.1 Å². The molecule has 0 aliphatic heterocycles. The van der Waals surface area contributed by atoms with Gasteiger partial charge >= 0.3 is 6.18 Å². The van der Waals surface area contributed by atoms with Crippen molar-refractivity contribution in [2.45, 2.75) is 12.8 Å². The highest BCUT2D eigenvalue weighted by molar-refractivity contribution is 7.13. The van der Waals surface area contributed by atoms with Gasteiger partial charge in [0.25, 0.3) is 0 Å². The van der Waals surface area contributed by atoms with Crippen molar-refractivity contribution in [1.82, 2.24) is 14.6 Å². The van der Waals surface area contributed by atoms with E-state index in [1.165, 1.54) is 11.3 Å². The molecule has 5 rings (SSSR count). The number of hydrogen-bond acceptors (Lipinski definition) is 4. The summed E-state index contributed by atoms with van der Waals surface area (Å²) in [4.78, 5) is 5.25. The summed E-state index contributed by atoms with van der Waals surface area (Å²) in [5.41, 5.74) is 1.13. The highest BCUT2D eigenvalue weighted by atomic mass is 32.1. The molecular weight excluding hydrogens is 435 g/mol. The lowest BCUT2D eigenvalue weighted by Crippen LogP contribution is -2.14. The van der Waals surface area contributed by atoms with Crippen LogP contribution in [0.25, 0.3) is 27.3 Å². The molecule has 0 bridgehead atoms. The molecule has 0 atom stereocenters. The van der Waals surface area contributed by atoms with Crippen LogP contribution in [0.5, 0.6) is 5.75 Å². The van der Waals surface area contributed by atoms with Gasteiger partial charge in [-0.2, -0.15) is 18.3 Å². The summed E-state index contributed by atoms with van der Waals surface area (Å²) in [6, 6.07) is 22.8. The van der Waals surface area contributed by atoms with Crippen LogP contribution in [-0.2, 0) is 12.8 Å². The van der Waals surface area contributed by atoms with Gasteiger partial charge in [0.1, 0.15) is 18.1 Å². The second kappa shape index (κ2) is 8.12. The van der Waals surface area contributed by atoms with E-state index in [1.807, 2.05) is 53.9 Å². The second-order valence-electron chi connectivity index (χ2n) is 7.03. The first kappa shape index (κ1) is 20.3. The summed E-state index contributed by atoms with van der Waals surface area (Å²) in [6.07, 6.45) is -4.61. The number of rotatable bonds is 5. The number of para-hydroxylation sites is 1. The van der Waals surface area contributed by atoms with Crippen LogP contribution in [0, 0.1) is 0 Å². The third-order valence-corrected chi connectivity index (χ3v) is 5.80. The molecule has 0 N–H and O–H groups in total. The van der Waals surface area contributed by atoms with Gasteiger partial charge in [-0.25, -0.2) is 9.50 Å². The maximum Gasteiger partial charge on any atom is 0.433 e. The van der Waals surface area contributed by atoms with Gasteiger partial charge in [-0.3, -0.25) is 0 Å². The molecule has 0 radical (unpaired) electrons. The molecule has 0 amide bonds. The van der Waals surface area contributed by atoms with Crippen LogP contribution in [-0.4, -0.2) is 14.6 Å². The number of ether oxygens (including phenoxy) is 1. The van der Waals surface area contributed by atoms with Crippen molar-refractivity contribution in [2.75, 3.05) is 0 Å². The zero-order chi connectivity index (χ0) is 22.1. The molecule has 0 spiro atoms. The minimum Gasteiger partial charge on any atom is -0.487 e. The molecule has 8 heteroatoms. The fourth-order valence-electron chi connectivity index (χ4n) is 3.48. The quantitative estimate of drug-likeness (QED) is 0.298. The molecule has 4 nitrogen and oxygen atoms in total. The minimum absolute atomic E-state index is 0.00321. The number of benzene rings is 2. The van der Waals surface area contributed by atoms with Gasteiger partial charge in [-0.15, -0.1) is 11.3 Å². The number of fused-ring (bicyclic) bond motifs is 1. The van der Waals surface area contributed by atoms with Gasteiger partial charge in [0.05, 0.1) is 16.1 Å². The molecule has 32 heavy (non-hydrogen) atoms. The van der Waals surface area contributed by atoms with Crippen molar-refractivity contribution in [3.05, 3.63) is 95.6 Å². The van der Waals surface area contributed by atoms with Crippen molar-refractivity contribution in [3.63, 3.8) is 0 Å². The van der Waals surface area contributed by atoms with E-state index in [4.69, 9.17) is 4.74 Å². The molecular formula is C24H16F3N3OS. The number of thiophene rings is 1. The van der Waals surface area contributed by atoms with Crippen molar-refractivity contribution in [2.24, 2.45) is 0 Å². The summed E-state index contributed by atoms with van der Waals surface area (Å²) in [6.45, 7) is 0.00321. The maximum atomic E-state index is 14.0. The lowest BCUT2D eigenvalue weighted by molar-refractivity contribution is -0.142. The Morgan fingerprint density at radius 1 is 0.906 bits per heavy atom. The Labute approximate surface area is 185 Å². The predicted octanol–water partition coefficient (Wildman–Crippen LogP) is 6.72. The van der Waals surface area contributed by atoms with Gasteiger partial charge in [0.2, 0.25) is 0 Å². The Morgan fingerprint density at radius 3 is 2.28 bits per heavy atom. The average Bonchev–Trinajstić information content (AvgIpc) is 3.45. The molecule has 0 saturated carbocycles. The lowest BCUT2D eigenvalue weighted by atomic mass is 10.1. The largest absolute Gasteiger partial charge is 0.487 e. The molecule has 0 aliphatic rings. The van der Waals surface area contributed by atoms with E-state index < -0.39 is 11.9 Å². The Morgan fingerprint density at radius 2 is 1.62 bits per heavy atom. The van der Waals surface area contributed by atoms with Crippen molar-refractivity contribution in [1.29, 1.82) is 0 Å². The molecule has 0 saturated heterocycles. The number of hydrogen-bond donors (Lipinski definition) is 0. The second-order valence-corrected chi connectivity index (χ2v) is 7.97. The van der Waals surface area contributed by atoms with Gasteiger partial charge in [-0.05, 0) is 35.2 Å². The van der Waals surface area contributed by atoms with Gasteiger partial charge in [-0.1, -0.05) is 54.6 Å². The summed E-state index contributed by atoms with van der Waals surface area (Å²) in [7, 11) is 0. The van der Waals surface area contributed by atoms with Gasteiger partial charge in [0, 0.05) is 0 Å². The fourth-order valence-corrected chi connectivity index (χ4v) is 4.17. The number of halogens is 3. The molecule has 160 valence electrons. The van der Waals surface area contributed by atoms with E-state index in [1.54, 1.807) is 24.3 Å². The SMILES string of the molecule is FC(F)(F)c1cc(-c2cccs2)nc2c(-c3ccccc3)c(COc3ccccc3)nn12. The van der Waals surface area contributed by atoms with E-state index in [0.29, 0.717) is 21.9 Å². The molecule has 3 heterocycles. The number of nitrogens with zero attached hydrogens (tertiary/aromatic N) is 3. The monoisotopic (exact) mass is 451 g/mol. The number of aromatic nitrogens is 3. The summed E-state index contributed by atoms with van der Waals surface area (Å²) in [5, 5.41) is 6.11. The topological polar surface area (TPSA) is 39.4 Å². The summed E-state index contributed by atoms with van der Waals surface area (Å²) < 4.78 is 48.8. The van der Waals surface area contributed by atoms with Gasteiger partial charge < -0.3 is 4.74 Å². The Hall–Kier alpha value is -3.65. The molecule has 2 aromatic carbocycles. The van der Waals surface area contributed by atoms with E-state index >= 15 is 0 Å². The molecule has 5 aromatic rings. The van der Waals surface area contributed by atoms with E-state index in [-0.39, 0.29) is 17.9 Å². The predicted molar refractivity (Wildman–Crippen MR) is 118 cm³/mol. The maximum absolute atomic E-state index is 14.0. The standard InChI is InChI=1S/C24H16F3N3OS/c25-24(26,27)21-14-18(20-12-7-13-32-20)28-23-22(16-8-3-1-4-9-16)19(29-30(21)23)15-31-17-10-5-2-6-11-17/h1-14H,15H2. The molecule has 0 fully saturated rings. The summed E-state index contributed by atoms with van der Waals surface area (Å²) >= 11 is 1.34. The zero-order valence-electron chi connectivity index (χ0n) is 16.6. The number of alkyl halides is 3. The van der Waals surface area contributed by atoms with Crippen molar-refractivity contribution in [3.8, 4) is 27.4 Å². The van der Waals surface area contributed by atoms with Crippen LogP contribution in [0.3, 0.4) is 0 Å². The zero-order valence-corrected chi connectivity index (χ0v) is 17.4. The average molecular weight is 451 g/mol. The Bertz CT molecular complexity index is 1350. The molecule has 0 aliphatic carbocycles. The van der Waals surface area contributed by atoms with Crippen LogP contribution in [0.1, 0.15) is 11.4 Å². The normalized spacial score (nSPS) is 11.7. The minimum atomic E-state index is -4.61. The van der Waals surface area contributed by atoms with Crippen LogP contribution in [0.2, 0.25) is 0 Å². The fraction of sp³-hybridized carbons (Fsp3) is 0.0833. The van der Waals surface area contributed by atoms with E-state index in [0.717, 1.165) is 16.1 Å². The lowest BCUT2D eigenvalue weighted by Gasteiger charge is -2.11. The highest BCUT2D eigenvalue weighted by Crippen LogP contribution is 2.37. The van der Waals surface area contributed by atoms with Crippen LogP contribution in [0.4, 0.5) is 13.2 Å². The first-order valence-electron chi connectivity index (χ1n) is 9.78. The first-order chi connectivity index (χ1) is 15.5. The van der Waals surface area contributed by atoms with Crippen LogP contribution >= 0.6 is 11.3 Å². The highest BCUT2D eigenvalue weighted by Gasteiger charge is 2.36. The van der Waals surface area contributed by atoms with Crippen LogP contribution in [0.15, 0.2) is 84.2 Å². The third-order valence-electron chi connectivity index (χ3n) is 4.91. The smallest absolute Gasteiger partial charge is 0.433 e. The van der Waals surface area contributed by atoms with E-state index in [9.17, 15) is 13.2 Å². The van der Waals surface area contributed by atoms with Crippen molar-refractivity contribution >= 4 is 17.0 Å². The molecule has 0 unspecified atom stereocenters. The van der Waals surface area contributed by atoms with Gasteiger partial charge in [0.15, 0.2) is 11.3 Å². The molecule has 3 aromatic heterocycles.